The van der Waals surface area contributed by atoms with E-state index in [1.165, 1.54) is 82.8 Å². The number of ether oxygens (including phenoxy) is 1. The summed E-state index contributed by atoms with van der Waals surface area (Å²) in [5.74, 6) is -9.75. The summed E-state index contributed by atoms with van der Waals surface area (Å²) < 4.78 is 7.90. The van der Waals surface area contributed by atoms with Gasteiger partial charge in [0.25, 0.3) is 0 Å². The Hall–Kier alpha value is -8.34. The molecule has 0 radical (unpaired) electrons. The molecule has 1 aliphatic heterocycles. The Balaban J connectivity index is 2.22. The minimum atomic E-state index is -1.65. The molecular formula is C73H121N15O14. The maximum atomic E-state index is 15.3. The molecule has 1 saturated heterocycles. The van der Waals surface area contributed by atoms with Gasteiger partial charge in [0.2, 0.25) is 65.0 Å². The fourth-order valence-corrected chi connectivity index (χ4v) is 12.3. The van der Waals surface area contributed by atoms with E-state index >= 15 is 24.0 Å². The van der Waals surface area contributed by atoms with Crippen molar-refractivity contribution < 1.29 is 67.4 Å². The number of amides is 11. The van der Waals surface area contributed by atoms with Crippen molar-refractivity contribution >= 4 is 71.2 Å². The van der Waals surface area contributed by atoms with Gasteiger partial charge in [-0.3, -0.25) is 52.7 Å². The third kappa shape index (κ3) is 25.0. The fraction of sp³-hybridized carbons (Fsp3) is 0.699. The first-order valence-corrected chi connectivity index (χ1v) is 35.8. The summed E-state index contributed by atoms with van der Waals surface area (Å²) in [4.78, 5) is 181. The number of nitrogens with zero attached hydrogens (tertiary/aromatic N) is 11. The molecule has 11 amide bonds. The van der Waals surface area contributed by atoms with E-state index in [0.717, 1.165) is 20.3 Å². The van der Waals surface area contributed by atoms with Crippen molar-refractivity contribution in [3.05, 3.63) is 54.5 Å². The van der Waals surface area contributed by atoms with Crippen molar-refractivity contribution in [1.82, 2.24) is 70.3 Å². The number of likely N-dealkylation sites (N-methyl/N-ethyl adjacent to an activating group) is 7. The number of pyridine rings is 1. The van der Waals surface area contributed by atoms with E-state index in [2.05, 4.69) is 36.5 Å². The molecule has 3 heterocycles. The molecule has 0 aromatic carbocycles. The molecule has 572 valence electrons. The standard InChI is InChI=1S/C73H121N15O14/c1-24-26-30-48(13)63(90)62-67(94)79-53(25-2)69(96)81(17)41-58(89)85(21)61(51(16)101-36-28-27-34-76-102-42-52-31-32-57(74-40-52)88-35-29-33-75-88)66(93)80-59(46(9)10)72(99)82(18)54(37-43(3)4)65(92)77-49(14)64(91)78-50(15)68(95)83(19)55(38-44(5)6)70(97)84(20)56(39-45(7)8)71(98)86(22)60(47(11)12)73(100)87(62)23/h24,26,29,31-35,40,43-51,53-56,59-63,90H,25,27-28,30,36-39,41-42H2,1-23H3,(H,77,92)(H,78,91)(H,79,94)(H,80,93)/b26-24+,76-34+/t48-,49+,50-,51-,53+,54+,55+,56-,59+,60+,61+,62+,63-/m1/s1. The second-order valence-corrected chi connectivity index (χ2v) is 29.1. The molecule has 5 N–H and O–H groups in total. The topological polar surface area (TPSA) is 340 Å². The molecule has 0 unspecified atom stereocenters. The number of aliphatic hydroxyl groups is 1. The highest BCUT2D eigenvalue weighted by atomic mass is 16.6. The van der Waals surface area contributed by atoms with Crippen LogP contribution in [0.4, 0.5) is 0 Å². The first-order valence-electron chi connectivity index (χ1n) is 35.8. The number of aromatic nitrogens is 3. The Morgan fingerprint density at radius 2 is 1.16 bits per heavy atom. The summed E-state index contributed by atoms with van der Waals surface area (Å²) in [6.45, 7) is 27.1. The van der Waals surface area contributed by atoms with Crippen molar-refractivity contribution in [3.8, 4) is 5.82 Å². The monoisotopic (exact) mass is 1430 g/mol. The quantitative estimate of drug-likeness (QED) is 0.0451. The van der Waals surface area contributed by atoms with Gasteiger partial charge in [-0.15, -0.1) is 0 Å². The zero-order valence-corrected chi connectivity index (χ0v) is 64.8. The maximum Gasteiger partial charge on any atom is 0.246 e. The van der Waals surface area contributed by atoms with Gasteiger partial charge in [-0.2, -0.15) is 5.10 Å². The van der Waals surface area contributed by atoms with Crippen molar-refractivity contribution in [3.63, 3.8) is 0 Å². The van der Waals surface area contributed by atoms with Crippen LogP contribution in [0.15, 0.2) is 54.1 Å². The Morgan fingerprint density at radius 1 is 0.608 bits per heavy atom. The van der Waals surface area contributed by atoms with Gasteiger partial charge in [-0.25, -0.2) is 9.67 Å². The minimum Gasteiger partial charge on any atom is -0.391 e. The summed E-state index contributed by atoms with van der Waals surface area (Å²) in [6, 6.07) is -7.67. The number of unbranched alkanes of at least 4 members (excludes halogenated alkanes) is 1. The van der Waals surface area contributed by atoms with Crippen LogP contribution < -0.4 is 21.3 Å². The van der Waals surface area contributed by atoms with Gasteiger partial charge in [0.15, 0.2) is 5.82 Å². The first kappa shape index (κ1) is 87.9. The van der Waals surface area contributed by atoms with E-state index in [4.69, 9.17) is 9.57 Å². The molecule has 0 spiro atoms. The number of allylic oxidation sites excluding steroid dienone is 2. The molecule has 29 heteroatoms. The van der Waals surface area contributed by atoms with Crippen molar-refractivity contribution in [1.29, 1.82) is 0 Å². The van der Waals surface area contributed by atoms with Crippen LogP contribution >= 0.6 is 0 Å². The lowest BCUT2D eigenvalue weighted by atomic mass is 9.91. The van der Waals surface area contributed by atoms with Crippen LogP contribution in [0.1, 0.15) is 161 Å². The molecule has 102 heavy (non-hydrogen) atoms. The zero-order chi connectivity index (χ0) is 77.3. The Bertz CT molecular complexity index is 3140. The van der Waals surface area contributed by atoms with Crippen LogP contribution in [0.2, 0.25) is 0 Å². The number of aliphatic hydroxyl groups excluding tert-OH is 1. The Labute approximate surface area is 605 Å². The molecular weight excluding hydrogens is 1310 g/mol. The number of hydrogen-bond acceptors (Lipinski definition) is 17. The largest absolute Gasteiger partial charge is 0.391 e. The van der Waals surface area contributed by atoms with Crippen LogP contribution in [-0.2, 0) is 68.9 Å². The molecule has 3 rings (SSSR count). The molecule has 1 fully saturated rings. The molecule has 0 aliphatic carbocycles. The van der Waals surface area contributed by atoms with Gasteiger partial charge >= 0.3 is 0 Å². The van der Waals surface area contributed by atoms with Crippen LogP contribution in [0, 0.1) is 35.5 Å². The normalized spacial score (nSPS) is 24.7. The van der Waals surface area contributed by atoms with Crippen molar-refractivity contribution in [2.75, 3.05) is 62.5 Å². The fourth-order valence-electron chi connectivity index (χ4n) is 12.3. The van der Waals surface area contributed by atoms with E-state index in [9.17, 15) is 33.9 Å². The predicted molar refractivity (Wildman–Crippen MR) is 388 cm³/mol. The summed E-state index contributed by atoms with van der Waals surface area (Å²) in [5, 5.41) is 31.5. The van der Waals surface area contributed by atoms with E-state index < -0.39 is 162 Å². The molecule has 29 nitrogen and oxygen atoms in total. The van der Waals surface area contributed by atoms with Gasteiger partial charge in [0.05, 0.1) is 18.8 Å². The molecule has 2 aromatic rings. The highest BCUT2D eigenvalue weighted by molar-refractivity contribution is 5.99. The number of rotatable bonds is 23. The van der Waals surface area contributed by atoms with Gasteiger partial charge in [0, 0.05) is 86.3 Å². The first-order chi connectivity index (χ1) is 47.7. The predicted octanol–water partition coefficient (Wildman–Crippen LogP) is 4.19. The van der Waals surface area contributed by atoms with Crippen LogP contribution in [0.3, 0.4) is 0 Å². The molecule has 2 aromatic heterocycles. The van der Waals surface area contributed by atoms with Gasteiger partial charge < -0.3 is 70.2 Å². The van der Waals surface area contributed by atoms with Crippen molar-refractivity contribution in [2.45, 2.75) is 235 Å². The van der Waals surface area contributed by atoms with Crippen LogP contribution in [-0.4, -0.2) is 260 Å². The van der Waals surface area contributed by atoms with Gasteiger partial charge in [0.1, 0.15) is 67.0 Å². The summed E-state index contributed by atoms with van der Waals surface area (Å²) in [6.07, 6.45) is 9.03. The zero-order valence-electron chi connectivity index (χ0n) is 64.8. The molecule has 0 saturated carbocycles. The van der Waals surface area contributed by atoms with E-state index in [1.807, 2.05) is 47.6 Å². The SMILES string of the molecule is C/C=C/C[C@@H](C)[C@@H](O)[C@H]1C(=O)N[C@@H](CC)C(=O)N(C)CC(=O)N(C)[C@@H]([C@@H](C)OCCC/C=N/OCc2ccc(-n3cccn3)nc2)C(=O)N[C@@H](C(C)C)C(=O)N(C)[C@@H](CC(C)C)C(=O)N[C@@H](C)C(=O)N[C@H](C)C(=O)N(C)[C@@H](CC(C)C)C(=O)N(C)[C@H](CC(C)C)C(=O)N(C)[C@@H](C(C)C)C(=O)N1C. The van der Waals surface area contributed by atoms with Crippen LogP contribution in [0.25, 0.3) is 5.82 Å². The van der Waals surface area contributed by atoms with Crippen LogP contribution in [0.5, 0.6) is 0 Å². The number of hydrogen-bond donors (Lipinski definition) is 5. The number of carbonyl (C=O) groups excluding carboxylic acids is 11. The number of carbonyl (C=O) groups is 11. The van der Waals surface area contributed by atoms with E-state index in [0.29, 0.717) is 18.7 Å². The minimum absolute atomic E-state index is 0.0257. The average Bonchev–Trinajstić information content (AvgIpc) is 0.809. The lowest BCUT2D eigenvalue weighted by Crippen LogP contribution is -2.63. The Kier molecular flexibility index (Phi) is 35.9. The second-order valence-electron chi connectivity index (χ2n) is 29.1. The maximum absolute atomic E-state index is 15.3. The Morgan fingerprint density at radius 3 is 1.69 bits per heavy atom. The lowest BCUT2D eigenvalue weighted by Gasteiger charge is -2.41. The third-order valence-electron chi connectivity index (χ3n) is 18.5. The van der Waals surface area contributed by atoms with E-state index in [1.54, 1.807) is 109 Å². The average molecular weight is 1430 g/mol. The summed E-state index contributed by atoms with van der Waals surface area (Å²) in [7, 11) is 9.76. The highest BCUT2D eigenvalue weighted by Gasteiger charge is 2.46. The highest BCUT2D eigenvalue weighted by Crippen LogP contribution is 2.26. The van der Waals surface area contributed by atoms with Gasteiger partial charge in [-0.05, 0) is 120 Å². The number of nitrogens with one attached hydrogen (secondary N) is 4. The smallest absolute Gasteiger partial charge is 0.246 e. The second kappa shape index (κ2) is 41.7. The molecule has 1 aliphatic rings. The number of oxime groups is 1. The molecule has 0 bridgehead atoms. The third-order valence-corrected chi connectivity index (χ3v) is 18.5. The summed E-state index contributed by atoms with van der Waals surface area (Å²) >= 11 is 0. The lowest BCUT2D eigenvalue weighted by molar-refractivity contribution is -0.157. The van der Waals surface area contributed by atoms with Gasteiger partial charge in [-0.1, -0.05) is 106 Å². The summed E-state index contributed by atoms with van der Waals surface area (Å²) in [5.41, 5.74) is 0.774. The molecule has 13 atom stereocenters. The van der Waals surface area contributed by atoms with E-state index in [-0.39, 0.29) is 63.1 Å². The van der Waals surface area contributed by atoms with Crippen molar-refractivity contribution in [2.24, 2.45) is 40.7 Å².